The van der Waals surface area contributed by atoms with Crippen molar-refractivity contribution in [2.75, 3.05) is 32.9 Å². The number of carbonyl (C=O) groups excluding carboxylic acids is 1. The van der Waals surface area contributed by atoms with E-state index < -0.39 is 32.7 Å². The normalized spacial score (nSPS) is 21.2. The predicted molar refractivity (Wildman–Crippen MR) is 156 cm³/mol. The summed E-state index contributed by atoms with van der Waals surface area (Å²) < 4.78 is 80.4. The number of benzene rings is 3. The highest BCUT2D eigenvalue weighted by molar-refractivity contribution is 7.89. The number of alkyl halides is 3. The van der Waals surface area contributed by atoms with Crippen LogP contribution in [0.1, 0.15) is 46.7 Å². The molecule has 1 amide bonds. The average Bonchev–Trinajstić information content (AvgIpc) is 3.01. The molecule has 0 aromatic heterocycles. The van der Waals surface area contributed by atoms with E-state index in [0.717, 1.165) is 60.1 Å². The summed E-state index contributed by atoms with van der Waals surface area (Å²) in [6.45, 7) is 4.30. The molecule has 3 aromatic carbocycles. The Kier molecular flexibility index (Phi) is 8.69. The van der Waals surface area contributed by atoms with Crippen molar-refractivity contribution < 1.29 is 35.9 Å². The summed E-state index contributed by atoms with van der Waals surface area (Å²) in [4.78, 5) is 15.3. The van der Waals surface area contributed by atoms with Crippen LogP contribution in [0.3, 0.4) is 0 Å². The third-order valence-corrected chi connectivity index (χ3v) is 10.4. The lowest BCUT2D eigenvalue weighted by Crippen LogP contribution is -2.47. The zero-order valence-corrected chi connectivity index (χ0v) is 24.9. The van der Waals surface area contributed by atoms with Crippen LogP contribution < -0.4 is 10.1 Å². The Bertz CT molecular complexity index is 1630. The molecule has 0 spiro atoms. The van der Waals surface area contributed by atoms with Crippen molar-refractivity contribution in [1.82, 2.24) is 14.5 Å². The number of sulfonamides is 1. The van der Waals surface area contributed by atoms with Gasteiger partial charge in [0.1, 0.15) is 5.75 Å². The number of nitrogens with one attached hydrogen (secondary N) is 1. The molecule has 12 heteroatoms. The number of rotatable bonds is 7. The average molecular weight is 630 g/mol. The molecule has 1 fully saturated rings. The smallest absolute Gasteiger partial charge is 0.416 e. The molecular formula is C32H34F3N3O5S. The Morgan fingerprint density at radius 3 is 2.50 bits per heavy atom. The fraction of sp³-hybridized carbons (Fsp3) is 0.406. The molecule has 0 saturated carbocycles. The monoisotopic (exact) mass is 629 g/mol. The van der Waals surface area contributed by atoms with Crippen LogP contribution in [-0.2, 0) is 45.2 Å². The number of amides is 1. The Morgan fingerprint density at radius 1 is 0.955 bits per heavy atom. The maximum Gasteiger partial charge on any atom is 0.416 e. The van der Waals surface area contributed by atoms with Crippen molar-refractivity contribution in [3.8, 4) is 5.75 Å². The van der Waals surface area contributed by atoms with Crippen molar-refractivity contribution in [3.63, 3.8) is 0 Å². The molecule has 8 nitrogen and oxygen atoms in total. The lowest BCUT2D eigenvalue weighted by molar-refractivity contribution is -0.137. The molecule has 0 aliphatic carbocycles. The van der Waals surface area contributed by atoms with Crippen LogP contribution in [0.5, 0.6) is 5.75 Å². The second-order valence-electron chi connectivity index (χ2n) is 11.4. The molecule has 0 bridgehead atoms. The summed E-state index contributed by atoms with van der Waals surface area (Å²) in [5.41, 5.74) is 2.58. The third-order valence-electron chi connectivity index (χ3n) is 8.46. The standard InChI is InChI=1S/C32H34F3N3O5S/c33-32(34,35)25-6-3-7-27(18-25)44(40,41)38-21-24-5-2-1-4-23(24)17-26(38)19-31(39)36-29-10-13-43-30-16-22(8-9-28(29)30)20-37-11-14-42-15-12-37/h1-9,16,18,26,29H,10-15,17,19-21H2,(H,36,39). The molecule has 2 unspecified atom stereocenters. The Balaban J connectivity index is 1.20. The second kappa shape index (κ2) is 12.5. The number of ether oxygens (including phenoxy) is 2. The molecule has 2 atom stereocenters. The first-order chi connectivity index (χ1) is 21.1. The number of morpholine rings is 1. The summed E-state index contributed by atoms with van der Waals surface area (Å²) in [5.74, 6) is 0.376. The van der Waals surface area contributed by atoms with Crippen molar-refractivity contribution in [1.29, 1.82) is 0 Å². The zero-order chi connectivity index (χ0) is 30.9. The number of carbonyl (C=O) groups is 1. The maximum absolute atomic E-state index is 13.8. The van der Waals surface area contributed by atoms with E-state index in [-0.39, 0.29) is 31.3 Å². The molecule has 234 valence electrons. The minimum atomic E-state index is -4.69. The van der Waals surface area contributed by atoms with Crippen LogP contribution in [0.15, 0.2) is 71.6 Å². The fourth-order valence-corrected chi connectivity index (χ4v) is 7.80. The minimum absolute atomic E-state index is 0.0429. The van der Waals surface area contributed by atoms with Gasteiger partial charge in [0.15, 0.2) is 0 Å². The quantitative estimate of drug-likeness (QED) is 0.409. The van der Waals surface area contributed by atoms with Gasteiger partial charge >= 0.3 is 6.18 Å². The van der Waals surface area contributed by atoms with Crippen LogP contribution in [0, 0.1) is 0 Å². The highest BCUT2D eigenvalue weighted by Gasteiger charge is 2.39. The van der Waals surface area contributed by atoms with E-state index in [4.69, 9.17) is 9.47 Å². The number of nitrogens with zero attached hydrogens (tertiary/aromatic N) is 2. The molecular weight excluding hydrogens is 595 g/mol. The molecule has 3 heterocycles. The van der Waals surface area contributed by atoms with Crippen molar-refractivity contribution in [2.24, 2.45) is 0 Å². The van der Waals surface area contributed by atoms with Crippen molar-refractivity contribution >= 4 is 15.9 Å². The molecule has 3 aliphatic rings. The first kappa shape index (κ1) is 30.6. The van der Waals surface area contributed by atoms with Crippen LogP contribution >= 0.6 is 0 Å². The molecule has 1 saturated heterocycles. The van der Waals surface area contributed by atoms with Crippen LogP contribution in [0.4, 0.5) is 13.2 Å². The van der Waals surface area contributed by atoms with Gasteiger partial charge in [0, 0.05) is 50.6 Å². The van der Waals surface area contributed by atoms with E-state index in [1.54, 1.807) is 12.1 Å². The Morgan fingerprint density at radius 2 is 1.73 bits per heavy atom. The molecule has 44 heavy (non-hydrogen) atoms. The summed E-state index contributed by atoms with van der Waals surface area (Å²) >= 11 is 0. The minimum Gasteiger partial charge on any atom is -0.493 e. The van der Waals surface area contributed by atoms with Crippen LogP contribution in [0.2, 0.25) is 0 Å². The number of fused-ring (bicyclic) bond motifs is 2. The number of hydrogen-bond donors (Lipinski definition) is 1. The molecule has 3 aromatic rings. The highest BCUT2D eigenvalue weighted by Crippen LogP contribution is 2.36. The van der Waals surface area contributed by atoms with Crippen molar-refractivity contribution in [2.45, 2.75) is 55.5 Å². The third kappa shape index (κ3) is 6.63. The van der Waals surface area contributed by atoms with Crippen molar-refractivity contribution in [3.05, 3.63) is 94.5 Å². The summed E-state index contributed by atoms with van der Waals surface area (Å²) in [5, 5.41) is 3.07. The number of halogens is 3. The predicted octanol–water partition coefficient (Wildman–Crippen LogP) is 4.68. The Hall–Kier alpha value is -3.45. The van der Waals surface area contributed by atoms with Gasteiger partial charge in [0.25, 0.3) is 0 Å². The largest absolute Gasteiger partial charge is 0.493 e. The van der Waals surface area contributed by atoms with E-state index in [1.165, 1.54) is 4.31 Å². The van der Waals surface area contributed by atoms with Gasteiger partial charge in [-0.15, -0.1) is 0 Å². The Labute approximate surface area is 254 Å². The van der Waals surface area contributed by atoms with E-state index in [9.17, 15) is 26.4 Å². The van der Waals surface area contributed by atoms with Gasteiger partial charge in [-0.3, -0.25) is 9.69 Å². The topological polar surface area (TPSA) is 88.2 Å². The van der Waals surface area contributed by atoms with E-state index in [2.05, 4.69) is 10.2 Å². The molecule has 1 N–H and O–H groups in total. The lowest BCUT2D eigenvalue weighted by Gasteiger charge is -2.36. The van der Waals surface area contributed by atoms with Gasteiger partial charge in [-0.25, -0.2) is 8.42 Å². The lowest BCUT2D eigenvalue weighted by atomic mass is 9.93. The van der Waals surface area contributed by atoms with Gasteiger partial charge in [-0.2, -0.15) is 17.5 Å². The van der Waals surface area contributed by atoms with E-state index in [1.807, 2.05) is 30.3 Å². The van der Waals surface area contributed by atoms with Gasteiger partial charge in [-0.05, 0) is 47.4 Å². The van der Waals surface area contributed by atoms with Gasteiger partial charge in [-0.1, -0.05) is 42.5 Å². The SMILES string of the molecule is O=C(CC1Cc2ccccc2CN1S(=O)(=O)c1cccc(C(F)(F)F)c1)NC1CCOc2cc(CN3CCOCC3)ccc21. The fourth-order valence-electron chi connectivity index (χ4n) is 6.15. The highest BCUT2D eigenvalue weighted by atomic mass is 32.2. The van der Waals surface area contributed by atoms with E-state index in [0.29, 0.717) is 38.1 Å². The van der Waals surface area contributed by atoms with E-state index >= 15 is 0 Å². The number of hydrogen-bond acceptors (Lipinski definition) is 6. The first-order valence-electron chi connectivity index (χ1n) is 14.7. The van der Waals surface area contributed by atoms with Gasteiger partial charge in [0.2, 0.25) is 15.9 Å². The van der Waals surface area contributed by atoms with Crippen LogP contribution in [0.25, 0.3) is 0 Å². The summed E-state index contributed by atoms with van der Waals surface area (Å²) in [7, 11) is -4.36. The second-order valence-corrected chi connectivity index (χ2v) is 13.3. The zero-order valence-electron chi connectivity index (χ0n) is 24.1. The first-order valence-corrected chi connectivity index (χ1v) is 16.1. The maximum atomic E-state index is 13.8. The summed E-state index contributed by atoms with van der Waals surface area (Å²) in [6, 6.07) is 16.0. The molecule has 6 rings (SSSR count). The van der Waals surface area contributed by atoms with Gasteiger partial charge < -0.3 is 14.8 Å². The van der Waals surface area contributed by atoms with Crippen LogP contribution in [-0.4, -0.2) is 62.5 Å². The molecule has 3 aliphatic heterocycles. The molecule has 0 radical (unpaired) electrons. The van der Waals surface area contributed by atoms with Gasteiger partial charge in [0.05, 0.1) is 36.3 Å². The summed E-state index contributed by atoms with van der Waals surface area (Å²) in [6.07, 6.45) is -4.02.